The number of allylic oxidation sites excluding steroid dienone is 1. The molecule has 29 heavy (non-hydrogen) atoms. The second kappa shape index (κ2) is 9.45. The summed E-state index contributed by atoms with van der Waals surface area (Å²) in [5.74, 6) is 1.26. The minimum Gasteiger partial charge on any atom is -0.493 e. The second-order valence-electron chi connectivity index (χ2n) is 6.83. The van der Waals surface area contributed by atoms with Crippen molar-refractivity contribution in [3.8, 4) is 17.6 Å². The molecule has 0 amide bonds. The van der Waals surface area contributed by atoms with E-state index >= 15 is 0 Å². The number of hydrogen-bond donors (Lipinski definition) is 0. The molecule has 0 aliphatic heterocycles. The number of halogens is 1. The Balaban J connectivity index is 1.88. The van der Waals surface area contributed by atoms with Crippen LogP contribution in [0.3, 0.4) is 0 Å². The molecule has 4 heteroatoms. The lowest BCUT2D eigenvalue weighted by molar-refractivity contribution is 0.284. The highest BCUT2D eigenvalue weighted by molar-refractivity contribution is 9.10. The summed E-state index contributed by atoms with van der Waals surface area (Å²) >= 11 is 3.60. The van der Waals surface area contributed by atoms with E-state index in [-0.39, 0.29) is 0 Å². The molecule has 0 radical (unpaired) electrons. The fraction of sp³-hybridized carbons (Fsp3) is 0.160. The van der Waals surface area contributed by atoms with Gasteiger partial charge in [0.25, 0.3) is 0 Å². The van der Waals surface area contributed by atoms with E-state index in [0.29, 0.717) is 23.7 Å². The predicted molar refractivity (Wildman–Crippen MR) is 121 cm³/mol. The molecular formula is C25H22BrNO2. The quantitative estimate of drug-likeness (QED) is 0.311. The van der Waals surface area contributed by atoms with Crippen LogP contribution in [-0.4, -0.2) is 7.11 Å². The molecule has 3 aromatic rings. The summed E-state index contributed by atoms with van der Waals surface area (Å²) in [6, 6.07) is 22.2. The fourth-order valence-corrected chi connectivity index (χ4v) is 3.28. The smallest absolute Gasteiger partial charge is 0.162 e. The van der Waals surface area contributed by atoms with E-state index in [2.05, 4.69) is 53.2 Å². The molecule has 0 saturated carbocycles. The first-order valence-electron chi connectivity index (χ1n) is 9.25. The van der Waals surface area contributed by atoms with Crippen molar-refractivity contribution in [2.24, 2.45) is 0 Å². The molecule has 3 rings (SSSR count). The Morgan fingerprint density at radius 1 is 0.966 bits per heavy atom. The van der Waals surface area contributed by atoms with Crippen LogP contribution in [0.5, 0.6) is 11.5 Å². The molecule has 0 aliphatic carbocycles. The third-order valence-corrected chi connectivity index (χ3v) is 5.27. The molecule has 0 bridgehead atoms. The number of ether oxygens (including phenoxy) is 2. The van der Waals surface area contributed by atoms with Crippen molar-refractivity contribution in [2.75, 3.05) is 7.11 Å². The Morgan fingerprint density at radius 2 is 1.59 bits per heavy atom. The minimum absolute atomic E-state index is 0.449. The maximum Gasteiger partial charge on any atom is 0.162 e. The van der Waals surface area contributed by atoms with Crippen LogP contribution in [-0.2, 0) is 6.61 Å². The zero-order valence-electron chi connectivity index (χ0n) is 16.7. The number of benzene rings is 3. The van der Waals surface area contributed by atoms with Gasteiger partial charge in [-0.2, -0.15) is 5.26 Å². The molecule has 146 valence electrons. The van der Waals surface area contributed by atoms with Crippen LogP contribution in [0.1, 0.15) is 27.8 Å². The van der Waals surface area contributed by atoms with Gasteiger partial charge < -0.3 is 9.47 Å². The number of nitriles is 1. The average Bonchev–Trinajstić information content (AvgIpc) is 2.73. The van der Waals surface area contributed by atoms with Crippen molar-refractivity contribution < 1.29 is 9.47 Å². The zero-order chi connectivity index (χ0) is 20.8. The van der Waals surface area contributed by atoms with Gasteiger partial charge in [0.1, 0.15) is 6.61 Å². The monoisotopic (exact) mass is 447 g/mol. The highest BCUT2D eigenvalue weighted by atomic mass is 79.9. The molecule has 0 aliphatic rings. The fourth-order valence-electron chi connectivity index (χ4n) is 2.85. The highest BCUT2D eigenvalue weighted by Gasteiger charge is 2.11. The Labute approximate surface area is 180 Å². The Kier molecular flexibility index (Phi) is 6.74. The summed E-state index contributed by atoms with van der Waals surface area (Å²) in [4.78, 5) is 0. The third-order valence-electron chi connectivity index (χ3n) is 4.58. The van der Waals surface area contributed by atoms with Crippen molar-refractivity contribution >= 4 is 27.6 Å². The number of nitrogens with zero attached hydrogens (tertiary/aromatic N) is 1. The molecule has 0 spiro atoms. The van der Waals surface area contributed by atoms with Crippen molar-refractivity contribution in [3.05, 3.63) is 93.0 Å². The second-order valence-corrected chi connectivity index (χ2v) is 7.69. The van der Waals surface area contributed by atoms with Crippen molar-refractivity contribution in [1.29, 1.82) is 5.26 Å². The van der Waals surface area contributed by atoms with E-state index in [0.717, 1.165) is 26.7 Å². The standard InChI is InChI=1S/C25H22BrNO2/c1-17-4-8-19(9-5-17)16-29-25-14-23(26)21(13-24(25)28-3)12-22(15-27)20-10-6-18(2)7-11-20/h4-14H,16H2,1-3H3/b22-12-. The van der Waals surface area contributed by atoms with Gasteiger partial charge in [0.2, 0.25) is 0 Å². The maximum absolute atomic E-state index is 9.62. The van der Waals surface area contributed by atoms with Crippen LogP contribution in [0, 0.1) is 25.2 Å². The summed E-state index contributed by atoms with van der Waals surface area (Å²) in [5, 5.41) is 9.62. The normalized spacial score (nSPS) is 11.1. The predicted octanol–water partition coefficient (Wildman–Crippen LogP) is 6.72. The molecule has 0 unspecified atom stereocenters. The van der Waals surface area contributed by atoms with Gasteiger partial charge in [0, 0.05) is 4.47 Å². The molecule has 3 aromatic carbocycles. The Morgan fingerprint density at radius 3 is 2.17 bits per heavy atom. The van der Waals surface area contributed by atoms with Gasteiger partial charge in [-0.1, -0.05) is 75.6 Å². The van der Waals surface area contributed by atoms with Crippen molar-refractivity contribution in [3.63, 3.8) is 0 Å². The van der Waals surface area contributed by atoms with Gasteiger partial charge in [-0.05, 0) is 48.7 Å². The largest absolute Gasteiger partial charge is 0.493 e. The van der Waals surface area contributed by atoms with Gasteiger partial charge in [-0.15, -0.1) is 0 Å². The van der Waals surface area contributed by atoms with Crippen LogP contribution in [0.4, 0.5) is 0 Å². The summed E-state index contributed by atoms with van der Waals surface area (Å²) < 4.78 is 12.3. The summed E-state index contributed by atoms with van der Waals surface area (Å²) in [6.07, 6.45) is 1.85. The number of rotatable bonds is 6. The van der Waals surface area contributed by atoms with Crippen LogP contribution in [0.15, 0.2) is 65.1 Å². The van der Waals surface area contributed by atoms with Gasteiger partial charge in [0.05, 0.1) is 18.8 Å². The first kappa shape index (κ1) is 20.7. The Hall–Kier alpha value is -3.03. The van der Waals surface area contributed by atoms with E-state index in [9.17, 15) is 5.26 Å². The molecular weight excluding hydrogens is 426 g/mol. The summed E-state index contributed by atoms with van der Waals surface area (Å²) in [6.45, 7) is 4.53. The van der Waals surface area contributed by atoms with E-state index in [4.69, 9.17) is 9.47 Å². The molecule has 0 heterocycles. The van der Waals surface area contributed by atoms with E-state index < -0.39 is 0 Å². The first-order chi connectivity index (χ1) is 14.0. The lowest BCUT2D eigenvalue weighted by Gasteiger charge is -2.13. The van der Waals surface area contributed by atoms with Gasteiger partial charge in [-0.3, -0.25) is 0 Å². The Bertz CT molecular complexity index is 1060. The number of methoxy groups -OCH3 is 1. The van der Waals surface area contributed by atoms with Crippen molar-refractivity contribution in [1.82, 2.24) is 0 Å². The topological polar surface area (TPSA) is 42.2 Å². The van der Waals surface area contributed by atoms with Crippen LogP contribution in [0.25, 0.3) is 11.6 Å². The maximum atomic E-state index is 9.62. The molecule has 0 atom stereocenters. The lowest BCUT2D eigenvalue weighted by Crippen LogP contribution is -1.98. The minimum atomic E-state index is 0.449. The van der Waals surface area contributed by atoms with Gasteiger partial charge in [0.15, 0.2) is 11.5 Å². The zero-order valence-corrected chi connectivity index (χ0v) is 18.3. The lowest BCUT2D eigenvalue weighted by atomic mass is 10.0. The highest BCUT2D eigenvalue weighted by Crippen LogP contribution is 2.36. The summed E-state index contributed by atoms with van der Waals surface area (Å²) in [5.41, 5.74) is 5.77. The average molecular weight is 448 g/mol. The molecule has 0 aromatic heterocycles. The first-order valence-corrected chi connectivity index (χ1v) is 10.0. The molecule has 0 saturated heterocycles. The van der Waals surface area contributed by atoms with E-state index in [1.165, 1.54) is 5.56 Å². The summed E-state index contributed by atoms with van der Waals surface area (Å²) in [7, 11) is 1.61. The number of hydrogen-bond acceptors (Lipinski definition) is 3. The number of aryl methyl sites for hydroxylation is 2. The van der Waals surface area contributed by atoms with E-state index in [1.807, 2.05) is 49.4 Å². The van der Waals surface area contributed by atoms with Crippen LogP contribution < -0.4 is 9.47 Å². The molecule has 0 fully saturated rings. The van der Waals surface area contributed by atoms with Crippen LogP contribution in [0.2, 0.25) is 0 Å². The van der Waals surface area contributed by atoms with Crippen molar-refractivity contribution in [2.45, 2.75) is 20.5 Å². The van der Waals surface area contributed by atoms with Gasteiger partial charge >= 0.3 is 0 Å². The molecule has 3 nitrogen and oxygen atoms in total. The third kappa shape index (κ3) is 5.28. The van der Waals surface area contributed by atoms with E-state index in [1.54, 1.807) is 7.11 Å². The van der Waals surface area contributed by atoms with Gasteiger partial charge in [-0.25, -0.2) is 0 Å². The SMILES string of the molecule is COc1cc(/C=C(/C#N)c2ccc(C)cc2)c(Br)cc1OCc1ccc(C)cc1. The van der Waals surface area contributed by atoms with Crippen LogP contribution >= 0.6 is 15.9 Å². The molecule has 0 N–H and O–H groups in total.